The van der Waals surface area contributed by atoms with Crippen LogP contribution in [0.3, 0.4) is 0 Å². The van der Waals surface area contributed by atoms with Crippen LogP contribution in [0.4, 0.5) is 0 Å². The molecule has 1 heterocycles. The number of carbonyl (C=O) groups is 1. The second kappa shape index (κ2) is 8.78. The van der Waals surface area contributed by atoms with Crippen LogP contribution in [0.15, 0.2) is 23.1 Å². The maximum atomic E-state index is 12.8. The van der Waals surface area contributed by atoms with Gasteiger partial charge < -0.3 is 10.2 Å². The molecule has 0 unspecified atom stereocenters. The highest BCUT2D eigenvalue weighted by molar-refractivity contribution is 7.89. The first-order chi connectivity index (χ1) is 11.8. The summed E-state index contributed by atoms with van der Waals surface area (Å²) in [6.07, 6.45) is 3.71. The number of hydrogen-bond donors (Lipinski definition) is 1. The fourth-order valence-corrected chi connectivity index (χ4v) is 4.50. The van der Waals surface area contributed by atoms with Crippen molar-refractivity contribution in [1.82, 2.24) is 14.5 Å². The lowest BCUT2D eigenvalue weighted by atomic mass is 10.1. The van der Waals surface area contributed by atoms with Crippen LogP contribution in [0.5, 0.6) is 0 Å². The molecule has 0 radical (unpaired) electrons. The first-order valence-corrected chi connectivity index (χ1v) is 10.3. The van der Waals surface area contributed by atoms with E-state index in [0.29, 0.717) is 25.2 Å². The minimum atomic E-state index is -3.52. The van der Waals surface area contributed by atoms with Gasteiger partial charge in [0.2, 0.25) is 10.0 Å². The van der Waals surface area contributed by atoms with Crippen molar-refractivity contribution in [2.75, 3.05) is 40.3 Å². The van der Waals surface area contributed by atoms with Crippen molar-refractivity contribution < 1.29 is 13.2 Å². The van der Waals surface area contributed by atoms with Crippen molar-refractivity contribution in [3.8, 4) is 0 Å². The van der Waals surface area contributed by atoms with Gasteiger partial charge in [0, 0.05) is 25.2 Å². The molecule has 140 valence electrons. The van der Waals surface area contributed by atoms with Crippen molar-refractivity contribution in [2.24, 2.45) is 0 Å². The maximum Gasteiger partial charge on any atom is 0.251 e. The Bertz CT molecular complexity index is 696. The molecule has 1 amide bonds. The fraction of sp³-hybridized carbons (Fsp3) is 0.611. The highest BCUT2D eigenvalue weighted by atomic mass is 32.2. The van der Waals surface area contributed by atoms with E-state index in [4.69, 9.17) is 0 Å². The Kier molecular flexibility index (Phi) is 6.98. The van der Waals surface area contributed by atoms with Gasteiger partial charge in [-0.2, -0.15) is 4.31 Å². The SMILES string of the molecule is Cc1ccc(S(=O)(=O)N2CCCCC2)cc1C(=O)NCCCN(C)C. The highest BCUT2D eigenvalue weighted by Crippen LogP contribution is 2.22. The zero-order valence-corrected chi connectivity index (χ0v) is 16.2. The molecule has 7 heteroatoms. The van der Waals surface area contributed by atoms with Crippen LogP contribution >= 0.6 is 0 Å². The first-order valence-electron chi connectivity index (χ1n) is 8.86. The Morgan fingerprint density at radius 2 is 1.88 bits per heavy atom. The van der Waals surface area contributed by atoms with Gasteiger partial charge in [0.1, 0.15) is 0 Å². The summed E-state index contributed by atoms with van der Waals surface area (Å²) in [6.45, 7) is 4.40. The average molecular weight is 368 g/mol. The summed E-state index contributed by atoms with van der Waals surface area (Å²) in [7, 11) is 0.449. The molecule has 0 spiro atoms. The van der Waals surface area contributed by atoms with Gasteiger partial charge >= 0.3 is 0 Å². The van der Waals surface area contributed by atoms with Gasteiger partial charge in [0.25, 0.3) is 5.91 Å². The molecule has 0 bridgehead atoms. The maximum absolute atomic E-state index is 12.8. The van der Waals surface area contributed by atoms with Crippen LogP contribution in [-0.4, -0.2) is 63.8 Å². The van der Waals surface area contributed by atoms with E-state index in [9.17, 15) is 13.2 Å². The third-order valence-electron chi connectivity index (χ3n) is 4.47. The molecule has 1 aliphatic heterocycles. The quantitative estimate of drug-likeness (QED) is 0.747. The van der Waals surface area contributed by atoms with E-state index in [1.807, 2.05) is 21.0 Å². The lowest BCUT2D eigenvalue weighted by Crippen LogP contribution is -2.35. The number of carbonyl (C=O) groups excluding carboxylic acids is 1. The van der Waals surface area contributed by atoms with Crippen molar-refractivity contribution in [3.05, 3.63) is 29.3 Å². The number of sulfonamides is 1. The van der Waals surface area contributed by atoms with Gasteiger partial charge in [-0.15, -0.1) is 0 Å². The normalized spacial score (nSPS) is 16.2. The highest BCUT2D eigenvalue weighted by Gasteiger charge is 2.26. The Morgan fingerprint density at radius 3 is 2.52 bits per heavy atom. The number of amides is 1. The number of nitrogens with zero attached hydrogens (tertiary/aromatic N) is 2. The largest absolute Gasteiger partial charge is 0.352 e. The Labute approximate surface area is 151 Å². The lowest BCUT2D eigenvalue weighted by Gasteiger charge is -2.26. The number of hydrogen-bond acceptors (Lipinski definition) is 4. The Balaban J connectivity index is 2.12. The Morgan fingerprint density at radius 1 is 1.20 bits per heavy atom. The molecule has 0 aromatic heterocycles. The Hall–Kier alpha value is -1.44. The summed E-state index contributed by atoms with van der Waals surface area (Å²) >= 11 is 0. The molecule has 1 aromatic rings. The molecule has 0 saturated carbocycles. The van der Waals surface area contributed by atoms with Crippen molar-refractivity contribution in [1.29, 1.82) is 0 Å². The summed E-state index contributed by atoms with van der Waals surface area (Å²) < 4.78 is 27.1. The number of nitrogens with one attached hydrogen (secondary N) is 1. The zero-order chi connectivity index (χ0) is 18.4. The molecule has 1 aliphatic rings. The average Bonchev–Trinajstić information content (AvgIpc) is 2.59. The van der Waals surface area contributed by atoms with E-state index in [1.54, 1.807) is 12.1 Å². The van der Waals surface area contributed by atoms with E-state index >= 15 is 0 Å². The summed E-state index contributed by atoms with van der Waals surface area (Å²) in [4.78, 5) is 14.7. The van der Waals surface area contributed by atoms with Gasteiger partial charge in [-0.1, -0.05) is 12.5 Å². The summed E-state index contributed by atoms with van der Waals surface area (Å²) in [5.41, 5.74) is 1.21. The summed E-state index contributed by atoms with van der Waals surface area (Å²) in [6, 6.07) is 4.83. The van der Waals surface area contributed by atoms with E-state index in [1.165, 1.54) is 10.4 Å². The number of benzene rings is 1. The number of aryl methyl sites for hydroxylation is 1. The van der Waals surface area contributed by atoms with E-state index < -0.39 is 10.0 Å². The van der Waals surface area contributed by atoms with E-state index in [-0.39, 0.29) is 10.8 Å². The molecule has 1 aromatic carbocycles. The van der Waals surface area contributed by atoms with Gasteiger partial charge in [0.15, 0.2) is 0 Å². The van der Waals surface area contributed by atoms with Crippen LogP contribution < -0.4 is 5.32 Å². The van der Waals surface area contributed by atoms with Gasteiger partial charge in [-0.05, 0) is 64.5 Å². The third-order valence-corrected chi connectivity index (χ3v) is 6.37. The molecule has 1 saturated heterocycles. The monoisotopic (exact) mass is 367 g/mol. The molecule has 0 aliphatic carbocycles. The van der Waals surface area contributed by atoms with E-state index in [2.05, 4.69) is 10.2 Å². The van der Waals surface area contributed by atoms with Gasteiger partial charge in [-0.25, -0.2) is 8.42 Å². The predicted molar refractivity (Wildman–Crippen MR) is 99.3 cm³/mol. The summed E-state index contributed by atoms with van der Waals surface area (Å²) in [5, 5.41) is 2.88. The molecule has 1 N–H and O–H groups in total. The minimum Gasteiger partial charge on any atom is -0.352 e. The van der Waals surface area contributed by atoms with Crippen LogP contribution in [0.25, 0.3) is 0 Å². The molecule has 6 nitrogen and oxygen atoms in total. The molecule has 2 rings (SSSR count). The molecular weight excluding hydrogens is 338 g/mol. The van der Waals surface area contributed by atoms with Crippen LogP contribution in [0.2, 0.25) is 0 Å². The zero-order valence-electron chi connectivity index (χ0n) is 15.4. The second-order valence-corrected chi connectivity index (χ2v) is 8.79. The van der Waals surface area contributed by atoms with Gasteiger partial charge in [0.05, 0.1) is 4.90 Å². The fourth-order valence-electron chi connectivity index (χ4n) is 2.95. The number of rotatable bonds is 7. The molecule has 25 heavy (non-hydrogen) atoms. The standard InChI is InChI=1S/C18H29N3O3S/c1-15-8-9-16(25(23,24)21-12-5-4-6-13-21)14-17(15)18(22)19-10-7-11-20(2)3/h8-9,14H,4-7,10-13H2,1-3H3,(H,19,22). The molecule has 1 fully saturated rings. The first kappa shape index (κ1) is 19.9. The minimum absolute atomic E-state index is 0.207. The van der Waals surface area contributed by atoms with Crippen molar-refractivity contribution in [3.63, 3.8) is 0 Å². The molecule has 0 atom stereocenters. The van der Waals surface area contributed by atoms with E-state index in [0.717, 1.165) is 37.8 Å². The third kappa shape index (κ3) is 5.26. The van der Waals surface area contributed by atoms with Crippen LogP contribution in [-0.2, 0) is 10.0 Å². The number of piperidine rings is 1. The van der Waals surface area contributed by atoms with Gasteiger partial charge in [-0.3, -0.25) is 4.79 Å². The predicted octanol–water partition coefficient (Wildman–Crippen LogP) is 1.85. The topological polar surface area (TPSA) is 69.7 Å². The van der Waals surface area contributed by atoms with Crippen molar-refractivity contribution in [2.45, 2.75) is 37.5 Å². The smallest absolute Gasteiger partial charge is 0.251 e. The van der Waals surface area contributed by atoms with Crippen molar-refractivity contribution >= 4 is 15.9 Å². The second-order valence-electron chi connectivity index (χ2n) is 6.85. The lowest BCUT2D eigenvalue weighted by molar-refractivity contribution is 0.0951. The van der Waals surface area contributed by atoms with Crippen LogP contribution in [0.1, 0.15) is 41.6 Å². The van der Waals surface area contributed by atoms with Crippen LogP contribution in [0, 0.1) is 6.92 Å². The summed E-state index contributed by atoms with van der Waals surface area (Å²) in [5.74, 6) is -0.216. The molecular formula is C18H29N3O3S.